The lowest BCUT2D eigenvalue weighted by Crippen LogP contribution is -2.60. The highest BCUT2D eigenvalue weighted by atomic mass is 35.5. The second-order valence-electron chi connectivity index (χ2n) is 7.40. The normalized spacial score (nSPS) is 31.1. The number of benzene rings is 2. The molecule has 4 aliphatic rings. The molecule has 1 spiro atoms. The lowest BCUT2D eigenvalue weighted by atomic mass is 9.65. The Hall–Kier alpha value is -1.75. The summed E-state index contributed by atoms with van der Waals surface area (Å²) in [6.45, 7) is 0. The lowest BCUT2D eigenvalue weighted by Gasteiger charge is -2.52. The highest BCUT2D eigenvalue weighted by Crippen LogP contribution is 2.53. The van der Waals surface area contributed by atoms with Crippen LogP contribution in [0.5, 0.6) is 0 Å². The molecular weight excluding hydrogens is 334 g/mol. The van der Waals surface area contributed by atoms with Crippen molar-refractivity contribution in [2.75, 3.05) is 10.1 Å². The van der Waals surface area contributed by atoms with Crippen LogP contribution in [0, 0.1) is 11.8 Å². The number of rotatable bonds is 2. The Labute approximate surface area is 153 Å². The fourth-order valence-corrected chi connectivity index (χ4v) is 4.94. The van der Waals surface area contributed by atoms with Gasteiger partial charge >= 0.3 is 0 Å². The Morgan fingerprint density at radius 2 is 1.64 bits per heavy atom. The maximum absolute atomic E-state index is 6.35. The fraction of sp³-hybridized carbons (Fsp3) is 0.400. The molecule has 25 heavy (non-hydrogen) atoms. The van der Waals surface area contributed by atoms with Gasteiger partial charge in [-0.2, -0.15) is 5.12 Å². The number of nitrogens with zero attached hydrogens (tertiary/aromatic N) is 2. The van der Waals surface area contributed by atoms with E-state index < -0.39 is 0 Å². The number of hydrogen-bond donors (Lipinski definition) is 1. The number of fused-ring (bicyclic) bond motifs is 2. The molecule has 3 saturated carbocycles. The Kier molecular flexibility index (Phi) is 3.66. The van der Waals surface area contributed by atoms with Gasteiger partial charge < -0.3 is 0 Å². The minimum atomic E-state index is -0.303. The van der Waals surface area contributed by atoms with E-state index in [1.54, 1.807) is 0 Å². The number of para-hydroxylation sites is 1. The first kappa shape index (κ1) is 15.5. The van der Waals surface area contributed by atoms with Gasteiger partial charge in [-0.25, -0.2) is 5.01 Å². The van der Waals surface area contributed by atoms with Gasteiger partial charge in [0, 0.05) is 17.4 Å². The van der Waals surface area contributed by atoms with Crippen LogP contribution in [0.2, 0.25) is 5.02 Å². The molecule has 2 aromatic carbocycles. The van der Waals surface area contributed by atoms with Gasteiger partial charge in [0.1, 0.15) is 0 Å². The summed E-state index contributed by atoms with van der Waals surface area (Å²) in [6.07, 6.45) is 6.22. The van der Waals surface area contributed by atoms with Crippen LogP contribution in [0.4, 0.5) is 11.4 Å². The van der Waals surface area contributed by atoms with Crippen molar-refractivity contribution in [2.45, 2.75) is 37.8 Å². The zero-order chi connectivity index (χ0) is 16.9. The molecule has 4 fully saturated rings. The van der Waals surface area contributed by atoms with Gasteiger partial charge in [-0.15, -0.1) is 0 Å². The summed E-state index contributed by atoms with van der Waals surface area (Å²) in [5.41, 5.74) is 5.07. The summed E-state index contributed by atoms with van der Waals surface area (Å²) in [4.78, 5) is 6.35. The first-order valence-electron chi connectivity index (χ1n) is 9.11. The van der Waals surface area contributed by atoms with Crippen LogP contribution >= 0.6 is 11.6 Å². The van der Waals surface area contributed by atoms with Gasteiger partial charge in [0.2, 0.25) is 0 Å². The molecule has 0 amide bonds. The lowest BCUT2D eigenvalue weighted by molar-refractivity contribution is -0.142. The minimum absolute atomic E-state index is 0.303. The van der Waals surface area contributed by atoms with E-state index in [9.17, 15) is 0 Å². The summed E-state index contributed by atoms with van der Waals surface area (Å²) in [5.74, 6) is 1.30. The molecule has 0 aromatic heterocycles. The maximum Gasteiger partial charge on any atom is 0.186 e. The third-order valence-electron chi connectivity index (χ3n) is 6.01. The Balaban J connectivity index is 1.59. The Bertz CT molecular complexity index is 745. The van der Waals surface area contributed by atoms with Crippen molar-refractivity contribution in [1.82, 2.24) is 5.59 Å². The number of anilines is 2. The van der Waals surface area contributed by atoms with E-state index in [1.165, 1.54) is 25.7 Å². The summed E-state index contributed by atoms with van der Waals surface area (Å²) in [6, 6.07) is 18.4. The predicted octanol–water partition coefficient (Wildman–Crippen LogP) is 4.92. The van der Waals surface area contributed by atoms with Crippen molar-refractivity contribution >= 4 is 23.0 Å². The van der Waals surface area contributed by atoms with Crippen LogP contribution in [-0.4, -0.2) is 5.72 Å². The van der Waals surface area contributed by atoms with E-state index >= 15 is 0 Å². The molecule has 1 heterocycles. The van der Waals surface area contributed by atoms with Gasteiger partial charge in [0.15, 0.2) is 5.72 Å². The maximum atomic E-state index is 6.35. The predicted molar refractivity (Wildman–Crippen MR) is 99.9 cm³/mol. The zero-order valence-electron chi connectivity index (χ0n) is 14.1. The van der Waals surface area contributed by atoms with Gasteiger partial charge in [-0.05, 0) is 68.0 Å². The number of nitrogens with one attached hydrogen (secondary N) is 1. The van der Waals surface area contributed by atoms with E-state index in [0.29, 0.717) is 5.92 Å². The molecule has 0 radical (unpaired) electrons. The molecule has 2 bridgehead atoms. The van der Waals surface area contributed by atoms with Gasteiger partial charge in [0.05, 0.1) is 11.4 Å². The van der Waals surface area contributed by atoms with Gasteiger partial charge in [-0.3, -0.25) is 4.84 Å². The first-order chi connectivity index (χ1) is 12.3. The molecule has 1 aliphatic heterocycles. The van der Waals surface area contributed by atoms with Crippen molar-refractivity contribution in [1.29, 1.82) is 0 Å². The van der Waals surface area contributed by atoms with Crippen LogP contribution in [0.3, 0.4) is 0 Å². The second-order valence-corrected chi connectivity index (χ2v) is 7.83. The minimum Gasteiger partial charge on any atom is -0.250 e. The van der Waals surface area contributed by atoms with Crippen molar-refractivity contribution in [3.63, 3.8) is 0 Å². The number of hydrogen-bond acceptors (Lipinski definition) is 4. The van der Waals surface area contributed by atoms with Crippen LogP contribution in [0.1, 0.15) is 32.1 Å². The third kappa shape index (κ3) is 2.43. The highest BCUT2D eigenvalue weighted by molar-refractivity contribution is 6.30. The molecule has 6 rings (SSSR count). The van der Waals surface area contributed by atoms with Crippen LogP contribution < -0.4 is 15.7 Å². The summed E-state index contributed by atoms with van der Waals surface area (Å²) in [5, 5.41) is 5.10. The first-order valence-corrected chi connectivity index (χ1v) is 9.49. The summed E-state index contributed by atoms with van der Waals surface area (Å²) in [7, 11) is 0. The monoisotopic (exact) mass is 355 g/mol. The molecular formula is C20H22ClN3O. The molecule has 130 valence electrons. The van der Waals surface area contributed by atoms with Crippen molar-refractivity contribution in [3.05, 3.63) is 59.6 Å². The quantitative estimate of drug-likeness (QED) is 0.827. The molecule has 3 aliphatic carbocycles. The SMILES string of the molecule is Clc1ccc(N2NO[C@@]3(CC4CCC3CC4)N2c2ccccc2)cc1. The van der Waals surface area contributed by atoms with E-state index in [0.717, 1.165) is 28.7 Å². The van der Waals surface area contributed by atoms with E-state index in [2.05, 4.69) is 40.9 Å². The summed E-state index contributed by atoms with van der Waals surface area (Å²) >= 11 is 6.08. The van der Waals surface area contributed by atoms with E-state index in [-0.39, 0.29) is 5.72 Å². The average molecular weight is 356 g/mol. The van der Waals surface area contributed by atoms with Gasteiger partial charge in [0.25, 0.3) is 0 Å². The van der Waals surface area contributed by atoms with Crippen molar-refractivity contribution in [2.24, 2.45) is 11.8 Å². The molecule has 2 aromatic rings. The van der Waals surface area contributed by atoms with Gasteiger partial charge in [-0.1, -0.05) is 35.4 Å². The Morgan fingerprint density at radius 3 is 2.28 bits per heavy atom. The molecule has 5 heteroatoms. The zero-order valence-corrected chi connectivity index (χ0v) is 14.8. The number of hydrazine groups is 2. The van der Waals surface area contributed by atoms with E-state index in [1.807, 2.05) is 29.4 Å². The topological polar surface area (TPSA) is 27.7 Å². The Morgan fingerprint density at radius 1 is 0.920 bits per heavy atom. The third-order valence-corrected chi connectivity index (χ3v) is 6.26. The smallest absolute Gasteiger partial charge is 0.186 e. The van der Waals surface area contributed by atoms with E-state index in [4.69, 9.17) is 16.4 Å². The largest absolute Gasteiger partial charge is 0.250 e. The van der Waals surface area contributed by atoms with Crippen LogP contribution in [-0.2, 0) is 4.84 Å². The average Bonchev–Trinajstić information content (AvgIpc) is 3.02. The number of halogens is 1. The molecule has 1 N–H and O–H groups in total. The highest BCUT2D eigenvalue weighted by Gasteiger charge is 2.58. The second kappa shape index (κ2) is 5.90. The van der Waals surface area contributed by atoms with Crippen LogP contribution in [0.15, 0.2) is 54.6 Å². The summed E-state index contributed by atoms with van der Waals surface area (Å²) < 4.78 is 0. The fourth-order valence-electron chi connectivity index (χ4n) is 4.81. The molecule has 4 nitrogen and oxygen atoms in total. The van der Waals surface area contributed by atoms with Crippen LogP contribution in [0.25, 0.3) is 0 Å². The standard InChI is InChI=1S/C20H22ClN3O/c21-17-10-12-19(13-11-17)24-22-25-20(14-15-6-8-16(20)9-7-15)23(24)18-4-2-1-3-5-18/h1-5,10-13,15-16,22H,6-9,14H2/t15?,16?,20-/m1/s1. The van der Waals surface area contributed by atoms with Crippen molar-refractivity contribution < 1.29 is 4.84 Å². The van der Waals surface area contributed by atoms with Crippen molar-refractivity contribution in [3.8, 4) is 0 Å². The molecule has 1 saturated heterocycles. The molecule has 1 atom stereocenters. The molecule has 0 unspecified atom stereocenters.